The van der Waals surface area contributed by atoms with Crippen molar-refractivity contribution in [1.29, 1.82) is 0 Å². The lowest BCUT2D eigenvalue weighted by atomic mass is 10.0. The van der Waals surface area contributed by atoms with Gasteiger partial charge in [-0.1, -0.05) is 5.16 Å². The Hall–Kier alpha value is -3.61. The molecule has 9 nitrogen and oxygen atoms in total. The van der Waals surface area contributed by atoms with Crippen LogP contribution in [-0.2, 0) is 0 Å². The highest BCUT2D eigenvalue weighted by Gasteiger charge is 2.29. The highest BCUT2D eigenvalue weighted by molar-refractivity contribution is 7.20. The lowest BCUT2D eigenvalue weighted by Crippen LogP contribution is -2.33. The second-order valence-electron chi connectivity index (χ2n) is 6.07. The summed E-state index contributed by atoms with van der Waals surface area (Å²) in [4.78, 5) is 20.4. The summed E-state index contributed by atoms with van der Waals surface area (Å²) in [5, 5.41) is 15.0. The number of anilines is 1. The van der Waals surface area contributed by atoms with E-state index in [1.165, 1.54) is 6.07 Å². The third-order valence-corrected chi connectivity index (χ3v) is 5.08. The highest BCUT2D eigenvalue weighted by atomic mass is 32.1. The summed E-state index contributed by atoms with van der Waals surface area (Å²) < 4.78 is 47.7. The van der Waals surface area contributed by atoms with Gasteiger partial charge in [-0.05, 0) is 24.3 Å². The molecule has 1 aliphatic rings. The van der Waals surface area contributed by atoms with E-state index < -0.39 is 18.6 Å². The summed E-state index contributed by atoms with van der Waals surface area (Å²) in [5.41, 5.74) is 6.26. The van der Waals surface area contributed by atoms with Gasteiger partial charge in [0.05, 0.1) is 4.88 Å². The number of halogens is 3. The molecule has 1 aliphatic heterocycles. The third kappa shape index (κ3) is 3.78. The van der Waals surface area contributed by atoms with Crippen molar-refractivity contribution in [2.45, 2.75) is 6.18 Å². The number of carbonyl (C=O) groups is 1. The van der Waals surface area contributed by atoms with Crippen LogP contribution in [0.1, 0.15) is 20.9 Å². The maximum atomic E-state index is 12.4. The molecule has 0 fully saturated rings. The molecule has 0 aliphatic carbocycles. The average Bonchev–Trinajstić information content (AvgIpc) is 3.32. The molecule has 0 unspecified atom stereocenters. The average molecular weight is 439 g/mol. The van der Waals surface area contributed by atoms with Gasteiger partial charge in [0, 0.05) is 10.9 Å². The van der Waals surface area contributed by atoms with Gasteiger partial charge in [0.2, 0.25) is 12.7 Å². The quantitative estimate of drug-likeness (QED) is 0.323. The van der Waals surface area contributed by atoms with E-state index in [-0.39, 0.29) is 39.2 Å². The van der Waals surface area contributed by atoms with Crippen molar-refractivity contribution < 1.29 is 32.6 Å². The topological polar surface area (TPSA) is 132 Å². The van der Waals surface area contributed by atoms with Crippen molar-refractivity contribution >= 4 is 39.1 Å². The Kier molecular flexibility index (Phi) is 4.81. The number of oxime groups is 1. The third-order valence-electron chi connectivity index (χ3n) is 4.05. The normalized spacial score (nSPS) is 13.6. The highest BCUT2D eigenvalue weighted by Crippen LogP contribution is 2.34. The van der Waals surface area contributed by atoms with E-state index in [1.807, 2.05) is 0 Å². The molecule has 0 atom stereocenters. The van der Waals surface area contributed by atoms with Crippen LogP contribution >= 0.6 is 11.3 Å². The first-order valence-corrected chi connectivity index (χ1v) is 9.11. The predicted molar refractivity (Wildman–Crippen MR) is 100 cm³/mol. The SMILES string of the molecule is Nc1nc(/C(=N/O)c2ccc3c(c2)OCO3)c2cc(C(=O)NCC(F)(F)F)sc2n1. The molecule has 3 aromatic rings. The number of hydrogen-bond acceptors (Lipinski definition) is 9. The molecule has 2 aromatic heterocycles. The number of hydrogen-bond donors (Lipinski definition) is 3. The summed E-state index contributed by atoms with van der Waals surface area (Å²) in [6, 6.07) is 6.12. The van der Waals surface area contributed by atoms with Gasteiger partial charge in [-0.3, -0.25) is 4.79 Å². The molecule has 156 valence electrons. The zero-order chi connectivity index (χ0) is 21.5. The van der Waals surface area contributed by atoms with Crippen molar-refractivity contribution in [2.75, 3.05) is 19.1 Å². The van der Waals surface area contributed by atoms with E-state index in [0.717, 1.165) is 11.3 Å². The number of nitrogen functional groups attached to an aromatic ring is 1. The number of amides is 1. The van der Waals surface area contributed by atoms with Gasteiger partial charge in [0.25, 0.3) is 5.91 Å². The minimum atomic E-state index is -4.54. The van der Waals surface area contributed by atoms with Crippen LogP contribution in [0, 0.1) is 0 Å². The number of fused-ring (bicyclic) bond motifs is 2. The fraction of sp³-hybridized carbons (Fsp3) is 0.176. The minimum Gasteiger partial charge on any atom is -0.454 e. The van der Waals surface area contributed by atoms with Crippen LogP contribution in [0.2, 0.25) is 0 Å². The number of thiophene rings is 1. The lowest BCUT2D eigenvalue weighted by molar-refractivity contribution is -0.123. The standard InChI is InChI=1S/C17H12F3N5O4S/c18-17(19,20)5-22-14(26)11-4-8-13(23-16(21)24-15(8)30-11)12(25-27)7-1-2-9-10(3-7)29-6-28-9/h1-4,27H,5-6H2,(H,22,26)(H2,21,23,24)/b25-12+. The first-order chi connectivity index (χ1) is 14.2. The second-order valence-corrected chi connectivity index (χ2v) is 7.11. The van der Waals surface area contributed by atoms with Crippen molar-refractivity contribution in [3.8, 4) is 11.5 Å². The summed E-state index contributed by atoms with van der Waals surface area (Å²) in [6.07, 6.45) is -4.54. The molecule has 0 saturated carbocycles. The molecule has 4 rings (SSSR count). The predicted octanol–water partition coefficient (Wildman–Crippen LogP) is 2.52. The maximum absolute atomic E-state index is 12.4. The Balaban J connectivity index is 1.74. The van der Waals surface area contributed by atoms with Gasteiger partial charge in [0.15, 0.2) is 11.5 Å². The van der Waals surface area contributed by atoms with Crippen LogP contribution in [0.4, 0.5) is 19.1 Å². The molecule has 4 N–H and O–H groups in total. The van der Waals surface area contributed by atoms with Crippen LogP contribution in [0.5, 0.6) is 11.5 Å². The molecule has 0 saturated heterocycles. The Bertz CT molecular complexity index is 1180. The number of alkyl halides is 3. The van der Waals surface area contributed by atoms with E-state index in [4.69, 9.17) is 15.2 Å². The second kappa shape index (κ2) is 7.33. The summed E-state index contributed by atoms with van der Waals surface area (Å²) in [5.74, 6) is -0.138. The van der Waals surface area contributed by atoms with Gasteiger partial charge in [-0.15, -0.1) is 11.3 Å². The lowest BCUT2D eigenvalue weighted by Gasteiger charge is -2.07. The van der Waals surface area contributed by atoms with E-state index in [9.17, 15) is 23.2 Å². The van der Waals surface area contributed by atoms with Crippen LogP contribution in [0.3, 0.4) is 0 Å². The largest absolute Gasteiger partial charge is 0.454 e. The molecule has 1 aromatic carbocycles. The molecule has 13 heteroatoms. The number of nitrogens with zero attached hydrogens (tertiary/aromatic N) is 3. The summed E-state index contributed by atoms with van der Waals surface area (Å²) in [6.45, 7) is -1.42. The Labute approximate surface area is 169 Å². The molecule has 1 amide bonds. The first kappa shape index (κ1) is 19.7. The van der Waals surface area contributed by atoms with Gasteiger partial charge >= 0.3 is 6.18 Å². The number of aromatic nitrogens is 2. The van der Waals surface area contributed by atoms with Gasteiger partial charge in [-0.25, -0.2) is 9.97 Å². The van der Waals surface area contributed by atoms with E-state index in [0.29, 0.717) is 17.1 Å². The van der Waals surface area contributed by atoms with E-state index >= 15 is 0 Å². The zero-order valence-electron chi connectivity index (χ0n) is 14.9. The number of rotatable bonds is 4. The molecule has 0 spiro atoms. The van der Waals surface area contributed by atoms with E-state index in [1.54, 1.807) is 23.5 Å². The van der Waals surface area contributed by atoms with Crippen LogP contribution in [0.15, 0.2) is 29.4 Å². The van der Waals surface area contributed by atoms with Crippen LogP contribution < -0.4 is 20.5 Å². The van der Waals surface area contributed by atoms with E-state index in [2.05, 4.69) is 15.1 Å². The Morgan fingerprint density at radius 3 is 2.77 bits per heavy atom. The van der Waals surface area contributed by atoms with Gasteiger partial charge in [0.1, 0.15) is 22.8 Å². The van der Waals surface area contributed by atoms with Crippen LogP contribution in [-0.4, -0.2) is 46.3 Å². The minimum absolute atomic E-state index is 0.00690. The van der Waals surface area contributed by atoms with Crippen molar-refractivity contribution in [3.05, 3.63) is 40.4 Å². The molecular weight excluding hydrogens is 427 g/mol. The number of nitrogens with two attached hydrogens (primary N) is 1. The van der Waals surface area contributed by atoms with Crippen LogP contribution in [0.25, 0.3) is 10.2 Å². The Morgan fingerprint density at radius 2 is 2.03 bits per heavy atom. The number of carbonyl (C=O) groups excluding carboxylic acids is 1. The summed E-state index contributed by atoms with van der Waals surface area (Å²) >= 11 is 0.836. The first-order valence-electron chi connectivity index (χ1n) is 8.29. The maximum Gasteiger partial charge on any atom is 0.405 e. The number of benzene rings is 1. The fourth-order valence-corrected chi connectivity index (χ4v) is 3.74. The van der Waals surface area contributed by atoms with Crippen molar-refractivity contribution in [1.82, 2.24) is 15.3 Å². The smallest absolute Gasteiger partial charge is 0.405 e. The molecule has 3 heterocycles. The van der Waals surface area contributed by atoms with Crippen molar-refractivity contribution in [3.63, 3.8) is 0 Å². The molecule has 0 radical (unpaired) electrons. The summed E-state index contributed by atoms with van der Waals surface area (Å²) in [7, 11) is 0. The molecule has 30 heavy (non-hydrogen) atoms. The molecular formula is C17H12F3N5O4S. The number of nitrogens with one attached hydrogen (secondary N) is 1. The number of ether oxygens (including phenoxy) is 2. The molecule has 0 bridgehead atoms. The monoisotopic (exact) mass is 439 g/mol. The van der Waals surface area contributed by atoms with Gasteiger partial charge in [-0.2, -0.15) is 13.2 Å². The van der Waals surface area contributed by atoms with Gasteiger partial charge < -0.3 is 25.7 Å². The fourth-order valence-electron chi connectivity index (χ4n) is 2.78. The van der Waals surface area contributed by atoms with Crippen molar-refractivity contribution in [2.24, 2.45) is 5.16 Å². The Morgan fingerprint density at radius 1 is 1.27 bits per heavy atom. The zero-order valence-corrected chi connectivity index (χ0v) is 15.7.